The van der Waals surface area contributed by atoms with Crippen LogP contribution in [-0.2, 0) is 4.74 Å². The molecule has 0 spiro atoms. The van der Waals surface area contributed by atoms with Gasteiger partial charge in [-0.05, 0) is 25.0 Å². The van der Waals surface area contributed by atoms with Gasteiger partial charge in [0.1, 0.15) is 11.5 Å². The first-order chi connectivity index (χ1) is 8.16. The first-order valence-electron chi connectivity index (χ1n) is 5.76. The fourth-order valence-electron chi connectivity index (χ4n) is 1.94. The van der Waals surface area contributed by atoms with Gasteiger partial charge in [-0.3, -0.25) is 4.79 Å². The molecule has 0 bridgehead atoms. The Morgan fingerprint density at radius 1 is 1.65 bits per heavy atom. The van der Waals surface area contributed by atoms with Gasteiger partial charge in [-0.25, -0.2) is 4.98 Å². The van der Waals surface area contributed by atoms with Crippen LogP contribution < -0.4 is 5.73 Å². The molecule has 1 aliphatic heterocycles. The van der Waals surface area contributed by atoms with Crippen molar-refractivity contribution in [2.45, 2.75) is 18.9 Å². The summed E-state index contributed by atoms with van der Waals surface area (Å²) in [5, 5.41) is 0. The number of likely N-dealkylation sites (N-methyl/N-ethyl adjacent to an activating group) is 1. The summed E-state index contributed by atoms with van der Waals surface area (Å²) in [6.07, 6.45) is 2.25. The van der Waals surface area contributed by atoms with Crippen LogP contribution in [0.5, 0.6) is 0 Å². The second kappa shape index (κ2) is 5.14. The maximum atomic E-state index is 12.0. The molecule has 0 aliphatic carbocycles. The van der Waals surface area contributed by atoms with Crippen molar-refractivity contribution >= 4 is 11.7 Å². The van der Waals surface area contributed by atoms with Gasteiger partial charge < -0.3 is 15.4 Å². The number of carbonyl (C=O) groups excluding carboxylic acids is 1. The highest BCUT2D eigenvalue weighted by Crippen LogP contribution is 2.13. The molecule has 17 heavy (non-hydrogen) atoms. The molecule has 92 valence electrons. The summed E-state index contributed by atoms with van der Waals surface area (Å²) >= 11 is 0. The zero-order valence-corrected chi connectivity index (χ0v) is 9.93. The van der Waals surface area contributed by atoms with Gasteiger partial charge in [0.05, 0.1) is 6.10 Å². The van der Waals surface area contributed by atoms with Crippen LogP contribution in [0.1, 0.15) is 23.3 Å². The van der Waals surface area contributed by atoms with Gasteiger partial charge in [0.2, 0.25) is 0 Å². The van der Waals surface area contributed by atoms with Crippen LogP contribution in [0.25, 0.3) is 0 Å². The minimum absolute atomic E-state index is 0.118. The van der Waals surface area contributed by atoms with Gasteiger partial charge >= 0.3 is 0 Å². The third-order valence-electron chi connectivity index (χ3n) is 2.84. The quantitative estimate of drug-likeness (QED) is 0.845. The maximum Gasteiger partial charge on any atom is 0.272 e. The summed E-state index contributed by atoms with van der Waals surface area (Å²) in [5.74, 6) is 0.245. The standard InChI is InChI=1S/C12H17N3O2/c1-15(8-9-4-3-7-17-9)12(16)10-5-2-6-11(13)14-10/h2,5-6,9H,3-4,7-8H2,1H3,(H2,13,14). The molecule has 5 heteroatoms. The molecule has 1 atom stereocenters. The second-order valence-electron chi connectivity index (χ2n) is 4.27. The Bertz CT molecular complexity index is 402. The van der Waals surface area contributed by atoms with Crippen LogP contribution in [0.2, 0.25) is 0 Å². The minimum Gasteiger partial charge on any atom is -0.384 e. The van der Waals surface area contributed by atoms with Crippen molar-refractivity contribution in [3.63, 3.8) is 0 Å². The van der Waals surface area contributed by atoms with Crippen molar-refractivity contribution in [2.75, 3.05) is 25.9 Å². The number of hydrogen-bond donors (Lipinski definition) is 1. The van der Waals surface area contributed by atoms with Crippen molar-refractivity contribution in [1.82, 2.24) is 9.88 Å². The number of aromatic nitrogens is 1. The molecule has 1 unspecified atom stereocenters. The van der Waals surface area contributed by atoms with Crippen molar-refractivity contribution < 1.29 is 9.53 Å². The number of carbonyl (C=O) groups is 1. The smallest absolute Gasteiger partial charge is 0.272 e. The van der Waals surface area contributed by atoms with E-state index in [1.165, 1.54) is 0 Å². The molecule has 1 aliphatic rings. The van der Waals surface area contributed by atoms with E-state index in [1.54, 1.807) is 30.1 Å². The van der Waals surface area contributed by atoms with E-state index in [9.17, 15) is 4.79 Å². The van der Waals surface area contributed by atoms with E-state index < -0.39 is 0 Å². The number of nitrogens with two attached hydrogens (primary N) is 1. The van der Waals surface area contributed by atoms with Crippen molar-refractivity contribution in [2.24, 2.45) is 0 Å². The lowest BCUT2D eigenvalue weighted by Gasteiger charge is -2.20. The third-order valence-corrected chi connectivity index (χ3v) is 2.84. The topological polar surface area (TPSA) is 68.5 Å². The zero-order chi connectivity index (χ0) is 12.3. The highest BCUT2D eigenvalue weighted by molar-refractivity contribution is 5.92. The Hall–Kier alpha value is -1.62. The summed E-state index contributed by atoms with van der Waals surface area (Å²) in [6.45, 7) is 1.40. The summed E-state index contributed by atoms with van der Waals surface area (Å²) in [5.41, 5.74) is 5.93. The van der Waals surface area contributed by atoms with Crippen LogP contribution >= 0.6 is 0 Å². The summed E-state index contributed by atoms with van der Waals surface area (Å²) in [4.78, 5) is 17.7. The molecule has 1 saturated heterocycles. The van der Waals surface area contributed by atoms with Crippen LogP contribution in [0.15, 0.2) is 18.2 Å². The number of anilines is 1. The normalized spacial score (nSPS) is 19.2. The number of nitrogens with zero attached hydrogens (tertiary/aromatic N) is 2. The average Bonchev–Trinajstić information content (AvgIpc) is 2.80. The molecule has 1 amide bonds. The predicted molar refractivity (Wildman–Crippen MR) is 64.6 cm³/mol. The first-order valence-corrected chi connectivity index (χ1v) is 5.76. The van der Waals surface area contributed by atoms with Gasteiger partial charge in [-0.1, -0.05) is 6.07 Å². The molecule has 2 rings (SSSR count). The third kappa shape index (κ3) is 2.94. The van der Waals surface area contributed by atoms with E-state index >= 15 is 0 Å². The van der Waals surface area contributed by atoms with Gasteiger partial charge in [0.25, 0.3) is 5.91 Å². The zero-order valence-electron chi connectivity index (χ0n) is 9.93. The molecular weight excluding hydrogens is 218 g/mol. The molecule has 1 aromatic heterocycles. The Labute approximate surface area is 101 Å². The van der Waals surface area contributed by atoms with Crippen LogP contribution in [0.3, 0.4) is 0 Å². The van der Waals surface area contributed by atoms with Crippen LogP contribution in [0.4, 0.5) is 5.82 Å². The average molecular weight is 235 g/mol. The molecule has 5 nitrogen and oxygen atoms in total. The Balaban J connectivity index is 1.98. The number of ether oxygens (including phenoxy) is 1. The predicted octanol–water partition coefficient (Wildman–Crippen LogP) is 0.915. The van der Waals surface area contributed by atoms with Crippen molar-refractivity contribution in [3.8, 4) is 0 Å². The summed E-state index contributed by atoms with van der Waals surface area (Å²) in [6, 6.07) is 5.07. The highest BCUT2D eigenvalue weighted by atomic mass is 16.5. The molecule has 1 aromatic rings. The van der Waals surface area contributed by atoms with Crippen molar-refractivity contribution in [3.05, 3.63) is 23.9 Å². The van der Waals surface area contributed by atoms with E-state index in [1.807, 2.05) is 0 Å². The number of hydrogen-bond acceptors (Lipinski definition) is 4. The summed E-state index contributed by atoms with van der Waals surface area (Å²) in [7, 11) is 1.76. The minimum atomic E-state index is -0.118. The summed E-state index contributed by atoms with van der Waals surface area (Å²) < 4.78 is 5.49. The van der Waals surface area contributed by atoms with E-state index in [0.717, 1.165) is 19.4 Å². The first kappa shape index (κ1) is 11.9. The molecule has 0 radical (unpaired) electrons. The number of nitrogen functional groups attached to an aromatic ring is 1. The SMILES string of the molecule is CN(CC1CCCO1)C(=O)c1cccc(N)n1. The Morgan fingerprint density at radius 2 is 2.47 bits per heavy atom. The van der Waals surface area contributed by atoms with Crippen molar-refractivity contribution in [1.29, 1.82) is 0 Å². The van der Waals surface area contributed by atoms with Gasteiger partial charge in [0.15, 0.2) is 0 Å². The fourth-order valence-corrected chi connectivity index (χ4v) is 1.94. The molecular formula is C12H17N3O2. The number of rotatable bonds is 3. The van der Waals surface area contributed by atoms with E-state index in [4.69, 9.17) is 10.5 Å². The van der Waals surface area contributed by atoms with Gasteiger partial charge in [0, 0.05) is 20.2 Å². The Kier molecular flexibility index (Phi) is 3.58. The fraction of sp³-hybridized carbons (Fsp3) is 0.500. The lowest BCUT2D eigenvalue weighted by atomic mass is 10.2. The second-order valence-corrected chi connectivity index (χ2v) is 4.27. The van der Waals surface area contributed by atoms with Gasteiger partial charge in [-0.2, -0.15) is 0 Å². The van der Waals surface area contributed by atoms with E-state index in [2.05, 4.69) is 4.98 Å². The molecule has 0 saturated carbocycles. The lowest BCUT2D eigenvalue weighted by Crippen LogP contribution is -2.34. The molecule has 1 fully saturated rings. The van der Waals surface area contributed by atoms with E-state index in [0.29, 0.717) is 18.1 Å². The molecule has 0 aromatic carbocycles. The molecule has 2 heterocycles. The highest BCUT2D eigenvalue weighted by Gasteiger charge is 2.21. The maximum absolute atomic E-state index is 12.0. The monoisotopic (exact) mass is 235 g/mol. The van der Waals surface area contributed by atoms with Crippen LogP contribution in [-0.4, -0.2) is 42.1 Å². The van der Waals surface area contributed by atoms with Crippen LogP contribution in [0, 0.1) is 0 Å². The number of amides is 1. The van der Waals surface area contributed by atoms with E-state index in [-0.39, 0.29) is 12.0 Å². The molecule has 2 N–H and O–H groups in total. The largest absolute Gasteiger partial charge is 0.384 e. The van der Waals surface area contributed by atoms with Gasteiger partial charge in [-0.15, -0.1) is 0 Å². The Morgan fingerprint density at radius 3 is 3.12 bits per heavy atom. The number of pyridine rings is 1. The lowest BCUT2D eigenvalue weighted by molar-refractivity contribution is 0.0583.